The van der Waals surface area contributed by atoms with E-state index < -0.39 is 19.0 Å². The summed E-state index contributed by atoms with van der Waals surface area (Å²) in [5.41, 5.74) is 1.41. The van der Waals surface area contributed by atoms with Crippen LogP contribution in [-0.2, 0) is 20.7 Å². The first-order valence-corrected chi connectivity index (χ1v) is 15.0. The van der Waals surface area contributed by atoms with Gasteiger partial charge in [-0.3, -0.25) is 9.59 Å². The molecule has 1 aliphatic heterocycles. The second-order valence-corrected chi connectivity index (χ2v) is 11.6. The monoisotopic (exact) mass is 596 g/mol. The van der Waals surface area contributed by atoms with Crippen LogP contribution in [0.4, 0.5) is 4.79 Å². The number of carbonyl (C=O) groups excluding carboxylic acids is 3. The van der Waals surface area contributed by atoms with Crippen LogP contribution in [0, 0.1) is 23.7 Å². The average molecular weight is 597 g/mol. The van der Waals surface area contributed by atoms with E-state index >= 15 is 0 Å². The predicted octanol–water partition coefficient (Wildman–Crippen LogP) is 6.76. The molecule has 0 aliphatic carbocycles. The molecule has 8 nitrogen and oxygen atoms in total. The van der Waals surface area contributed by atoms with Crippen LogP contribution >= 0.6 is 0 Å². The zero-order valence-corrected chi connectivity index (χ0v) is 25.9. The van der Waals surface area contributed by atoms with Crippen molar-refractivity contribution < 1.29 is 37.4 Å². The number of carbonyl (C=O) groups is 3. The van der Waals surface area contributed by atoms with Crippen LogP contribution in [-0.4, -0.2) is 62.7 Å². The highest BCUT2D eigenvalue weighted by atomic mass is 16.6. The van der Waals surface area contributed by atoms with Crippen molar-refractivity contribution in [2.24, 2.45) is 23.7 Å². The van der Waals surface area contributed by atoms with Gasteiger partial charge in [0, 0.05) is 37.5 Å². The number of Topliss-reactive ketones (excluding diaryl/α,β-unsaturated/α-hetero) is 1. The molecule has 2 amide bonds. The maximum absolute atomic E-state index is 13.7. The summed E-state index contributed by atoms with van der Waals surface area (Å²) >= 11 is 0. The molecule has 1 unspecified atom stereocenters. The normalized spacial score (nSPS) is 17.8. The van der Waals surface area contributed by atoms with Gasteiger partial charge in [-0.05, 0) is 54.9 Å². The van der Waals surface area contributed by atoms with Crippen molar-refractivity contribution in [3.05, 3.63) is 71.8 Å². The van der Waals surface area contributed by atoms with Crippen molar-refractivity contribution in [3.8, 4) is 11.5 Å². The van der Waals surface area contributed by atoms with Crippen LogP contribution in [0.3, 0.4) is 0 Å². The van der Waals surface area contributed by atoms with E-state index in [9.17, 15) is 14.4 Å². The summed E-state index contributed by atoms with van der Waals surface area (Å²) in [4.78, 5) is 41.2. The highest BCUT2D eigenvalue weighted by Gasteiger charge is 2.41. The van der Waals surface area contributed by atoms with Gasteiger partial charge in [0.05, 0.1) is 23.8 Å². The third kappa shape index (κ3) is 9.42. The molecule has 2 aromatic carbocycles. The fourth-order valence-electron chi connectivity index (χ4n) is 5.23. The number of ether oxygens (including phenoxy) is 4. The maximum Gasteiger partial charge on any atom is 0.416 e. The van der Waals surface area contributed by atoms with Gasteiger partial charge in [-0.15, -0.1) is 0 Å². The molecule has 2 aromatic rings. The van der Waals surface area contributed by atoms with Crippen LogP contribution in [0.25, 0.3) is 0 Å². The molecule has 0 bridgehead atoms. The summed E-state index contributed by atoms with van der Waals surface area (Å²) in [6, 6.07) is 13.9. The minimum Gasteiger partial charge on any atom is -0.493 e. The molecule has 0 aromatic heterocycles. The fraction of sp³-hybridized carbons (Fsp3) is 0.514. The number of rotatable bonds is 17. The van der Waals surface area contributed by atoms with Crippen molar-refractivity contribution >= 4 is 17.8 Å². The van der Waals surface area contributed by atoms with Gasteiger partial charge in [0.1, 0.15) is 6.61 Å². The molecule has 0 radical (unpaired) electrons. The molecule has 8 heteroatoms. The van der Waals surface area contributed by atoms with Gasteiger partial charge in [0.2, 0.25) is 5.91 Å². The second-order valence-electron chi connectivity index (χ2n) is 11.6. The van der Waals surface area contributed by atoms with Crippen molar-refractivity contribution in [2.75, 3.05) is 34.0 Å². The number of amides is 2. The van der Waals surface area contributed by atoms with E-state index in [1.54, 1.807) is 13.2 Å². The number of imide groups is 1. The Labute approximate surface area is 260 Å². The number of ketones is 1. The Hall–Kier alpha value is -3.65. The molecule has 43 heavy (non-hydrogen) atoms. The van der Waals surface area contributed by atoms with Crippen LogP contribution < -0.4 is 9.47 Å². The van der Waals surface area contributed by atoms with Crippen LogP contribution in [0.1, 0.15) is 67.0 Å². The fourth-order valence-corrected chi connectivity index (χ4v) is 5.23. The zero-order chi connectivity index (χ0) is 33.9. The molecule has 0 saturated carbocycles. The number of benzene rings is 2. The third-order valence-corrected chi connectivity index (χ3v) is 7.81. The largest absolute Gasteiger partial charge is 0.493 e. The van der Waals surface area contributed by atoms with Gasteiger partial charge in [-0.2, -0.15) is 0 Å². The first-order chi connectivity index (χ1) is 21.8. The lowest BCUT2D eigenvalue weighted by atomic mass is 9.84. The Balaban J connectivity index is 1.71. The average Bonchev–Trinajstić information content (AvgIpc) is 3.36. The molecule has 3 atom stereocenters. The lowest BCUT2D eigenvalue weighted by Crippen LogP contribution is -2.44. The predicted molar refractivity (Wildman–Crippen MR) is 166 cm³/mol. The smallest absolute Gasteiger partial charge is 0.416 e. The van der Waals surface area contributed by atoms with Crippen LogP contribution in [0.15, 0.2) is 60.7 Å². The summed E-state index contributed by atoms with van der Waals surface area (Å²) in [5.74, 6) is -0.974. The summed E-state index contributed by atoms with van der Waals surface area (Å²) in [6.45, 7) is 8.75. The van der Waals surface area contributed by atoms with E-state index in [4.69, 9.17) is 23.1 Å². The van der Waals surface area contributed by atoms with Crippen molar-refractivity contribution in [1.82, 2.24) is 4.90 Å². The second kappa shape index (κ2) is 16.8. The molecule has 1 fully saturated rings. The highest BCUT2D eigenvalue weighted by Crippen LogP contribution is 2.31. The Bertz CT molecular complexity index is 1330. The van der Waals surface area contributed by atoms with Crippen molar-refractivity contribution in [3.63, 3.8) is 0 Å². The summed E-state index contributed by atoms with van der Waals surface area (Å²) in [6.07, 6.45) is 5.18. The minimum atomic E-state index is -2.67. The summed E-state index contributed by atoms with van der Waals surface area (Å²) in [5, 5.41) is 0. The Morgan fingerprint density at radius 1 is 1.00 bits per heavy atom. The Morgan fingerprint density at radius 3 is 2.35 bits per heavy atom. The molecule has 234 valence electrons. The van der Waals surface area contributed by atoms with E-state index in [0.29, 0.717) is 37.9 Å². The quantitative estimate of drug-likeness (QED) is 0.113. The van der Waals surface area contributed by atoms with Crippen LogP contribution in [0.2, 0.25) is 0 Å². The van der Waals surface area contributed by atoms with E-state index in [1.807, 2.05) is 70.2 Å². The van der Waals surface area contributed by atoms with Gasteiger partial charge < -0.3 is 18.9 Å². The number of allylic oxidation sites excluding steroid dienone is 2. The van der Waals surface area contributed by atoms with Crippen LogP contribution in [0.5, 0.6) is 11.5 Å². The van der Waals surface area contributed by atoms with E-state index in [2.05, 4.69) is 0 Å². The maximum atomic E-state index is 13.7. The van der Waals surface area contributed by atoms with E-state index in [-0.39, 0.29) is 60.2 Å². The molecule has 0 N–H and O–H groups in total. The number of cyclic esters (lactones) is 1. The van der Waals surface area contributed by atoms with Gasteiger partial charge >= 0.3 is 6.09 Å². The van der Waals surface area contributed by atoms with Gasteiger partial charge in [0.15, 0.2) is 17.3 Å². The molecule has 1 saturated heterocycles. The molecule has 1 heterocycles. The Morgan fingerprint density at radius 2 is 1.70 bits per heavy atom. The SMILES string of the molecule is [2H]C([2H])([2H])Oc1ccc(C(=O)C(CC=CC[C@@H](C(=O)N2C(=O)OC[C@H]2Cc2ccccc2)C(C)C)C(C)C)cc1OCCCOC. The Kier molecular flexibility index (Phi) is 11.5. The molecule has 1 aliphatic rings. The first-order valence-electron chi connectivity index (χ1n) is 16.5. The third-order valence-electron chi connectivity index (χ3n) is 7.81. The standard InChI is InChI=1S/C35H47NO7/c1-24(2)29(33(37)27-17-18-31(41-6)32(22-27)42-20-12-19-40-5)15-10-11-16-30(25(3)4)34(38)36-28(23-43-35(36)39)21-26-13-8-7-9-14-26/h7-11,13-14,17-18,22,24-25,28-30H,12,15-16,19-21,23H2,1-6H3/t28-,29?,30-/m1/s1/i6D3. The number of hydrogen-bond donors (Lipinski definition) is 0. The summed E-state index contributed by atoms with van der Waals surface area (Å²) in [7, 11) is -1.09. The van der Waals surface area contributed by atoms with Gasteiger partial charge in [-0.1, -0.05) is 70.2 Å². The first kappa shape index (κ1) is 29.4. The zero-order valence-electron chi connectivity index (χ0n) is 28.9. The number of hydrogen-bond acceptors (Lipinski definition) is 7. The number of methoxy groups -OCH3 is 2. The van der Waals surface area contributed by atoms with E-state index in [0.717, 1.165) is 5.56 Å². The summed E-state index contributed by atoms with van der Waals surface area (Å²) < 4.78 is 43.7. The number of nitrogens with zero attached hydrogens (tertiary/aromatic N) is 1. The topological polar surface area (TPSA) is 91.4 Å². The van der Waals surface area contributed by atoms with E-state index in [1.165, 1.54) is 17.0 Å². The minimum absolute atomic E-state index is 0.00201. The van der Waals surface area contributed by atoms with Gasteiger partial charge in [0.25, 0.3) is 0 Å². The highest BCUT2D eigenvalue weighted by molar-refractivity contribution is 5.98. The molecule has 0 spiro atoms. The lowest BCUT2D eigenvalue weighted by molar-refractivity contribution is -0.134. The molecular weight excluding hydrogens is 546 g/mol. The van der Waals surface area contributed by atoms with Crippen molar-refractivity contribution in [2.45, 2.75) is 59.4 Å². The molecule has 3 rings (SSSR count). The lowest BCUT2D eigenvalue weighted by Gasteiger charge is -2.26. The van der Waals surface area contributed by atoms with Gasteiger partial charge in [-0.25, -0.2) is 9.69 Å². The molecular formula is C35H47NO7. The van der Waals surface area contributed by atoms with Crippen molar-refractivity contribution in [1.29, 1.82) is 0 Å².